The number of rotatable bonds is 4. The van der Waals surface area contributed by atoms with Crippen LogP contribution in [0, 0.1) is 0 Å². The SMILES string of the molecule is CCCc1cccc(OC)[c]1[Sn]([CH3])[CH3]. The van der Waals surface area contributed by atoms with Crippen LogP contribution in [0.1, 0.15) is 18.9 Å². The molecule has 0 N–H and O–H groups in total. The van der Waals surface area contributed by atoms with Crippen molar-refractivity contribution in [1.29, 1.82) is 0 Å². The van der Waals surface area contributed by atoms with Gasteiger partial charge >= 0.3 is 94.3 Å². The van der Waals surface area contributed by atoms with E-state index < -0.39 is 19.8 Å². The Bertz CT molecular complexity index is 294. The second-order valence-corrected chi connectivity index (χ2v) is 10.9. The fourth-order valence-electron chi connectivity index (χ4n) is 1.79. The maximum absolute atomic E-state index is 5.44. The zero-order valence-electron chi connectivity index (χ0n) is 9.55. The Morgan fingerprint density at radius 3 is 2.50 bits per heavy atom. The van der Waals surface area contributed by atoms with E-state index in [4.69, 9.17) is 4.74 Å². The average Bonchev–Trinajstić information content (AvgIpc) is 2.17. The summed E-state index contributed by atoms with van der Waals surface area (Å²) in [5.74, 6) is 1.12. The molecule has 0 spiro atoms. The van der Waals surface area contributed by atoms with Gasteiger partial charge in [-0.15, -0.1) is 0 Å². The summed E-state index contributed by atoms with van der Waals surface area (Å²) in [7, 11) is 1.78. The van der Waals surface area contributed by atoms with Gasteiger partial charge in [0, 0.05) is 0 Å². The van der Waals surface area contributed by atoms with Crippen molar-refractivity contribution < 1.29 is 4.74 Å². The van der Waals surface area contributed by atoms with E-state index in [0.29, 0.717) is 0 Å². The molecule has 0 aliphatic rings. The number of ether oxygens (including phenoxy) is 1. The molecule has 0 fully saturated rings. The molecule has 0 aromatic heterocycles. The third-order valence-electron chi connectivity index (χ3n) is 2.35. The maximum atomic E-state index is 5.44. The van der Waals surface area contributed by atoms with Crippen LogP contribution in [-0.2, 0) is 6.42 Å². The minimum absolute atomic E-state index is 1.12. The Balaban J connectivity index is 3.14. The van der Waals surface area contributed by atoms with Gasteiger partial charge in [0.05, 0.1) is 0 Å². The van der Waals surface area contributed by atoms with Crippen molar-refractivity contribution in [3.63, 3.8) is 0 Å². The third-order valence-corrected chi connectivity index (χ3v) is 6.83. The van der Waals surface area contributed by atoms with Gasteiger partial charge in [0.15, 0.2) is 0 Å². The van der Waals surface area contributed by atoms with E-state index in [1.807, 2.05) is 0 Å². The van der Waals surface area contributed by atoms with Crippen LogP contribution in [0.15, 0.2) is 18.2 Å². The van der Waals surface area contributed by atoms with Crippen molar-refractivity contribution in [3.05, 3.63) is 23.8 Å². The molecule has 0 heterocycles. The molecule has 14 heavy (non-hydrogen) atoms. The van der Waals surface area contributed by atoms with Crippen LogP contribution in [0.25, 0.3) is 0 Å². The fourth-order valence-corrected chi connectivity index (χ4v) is 6.16. The van der Waals surface area contributed by atoms with Crippen molar-refractivity contribution in [2.75, 3.05) is 7.11 Å². The first-order chi connectivity index (χ1) is 6.70. The predicted molar refractivity (Wildman–Crippen MR) is 64.1 cm³/mol. The molecule has 1 aromatic rings. The molecule has 1 rings (SSSR count). The van der Waals surface area contributed by atoms with E-state index in [1.165, 1.54) is 18.4 Å². The van der Waals surface area contributed by atoms with Gasteiger partial charge in [-0.3, -0.25) is 0 Å². The molecule has 0 saturated carbocycles. The zero-order valence-corrected chi connectivity index (χ0v) is 12.4. The molecule has 0 bridgehead atoms. The van der Waals surface area contributed by atoms with E-state index in [2.05, 4.69) is 35.0 Å². The second kappa shape index (κ2) is 5.64. The van der Waals surface area contributed by atoms with E-state index in [9.17, 15) is 0 Å². The molecule has 1 aromatic carbocycles. The number of benzene rings is 1. The summed E-state index contributed by atoms with van der Waals surface area (Å²) in [6.45, 7) is 2.23. The van der Waals surface area contributed by atoms with Crippen LogP contribution < -0.4 is 8.32 Å². The fraction of sp³-hybridized carbons (Fsp3) is 0.500. The van der Waals surface area contributed by atoms with Crippen molar-refractivity contribution >= 4 is 23.3 Å². The normalized spacial score (nSPS) is 10.6. The van der Waals surface area contributed by atoms with E-state index >= 15 is 0 Å². The Morgan fingerprint density at radius 2 is 2.00 bits per heavy atom. The Labute approximate surface area is 94.2 Å². The molecule has 1 radical (unpaired) electrons. The van der Waals surface area contributed by atoms with Crippen molar-refractivity contribution in [2.45, 2.75) is 29.6 Å². The van der Waals surface area contributed by atoms with Crippen LogP contribution in [0.3, 0.4) is 0 Å². The first-order valence-electron chi connectivity index (χ1n) is 5.17. The molecular formula is C12H19OSn. The van der Waals surface area contributed by atoms with Crippen molar-refractivity contribution in [3.8, 4) is 5.75 Å². The van der Waals surface area contributed by atoms with E-state index in [0.717, 1.165) is 5.75 Å². The molecule has 77 valence electrons. The molecule has 0 amide bonds. The first-order valence-corrected chi connectivity index (χ1v) is 12.3. The molecule has 0 saturated heterocycles. The quantitative estimate of drug-likeness (QED) is 0.776. The summed E-state index contributed by atoms with van der Waals surface area (Å²) in [5.41, 5.74) is 1.52. The van der Waals surface area contributed by atoms with Gasteiger partial charge in [0.1, 0.15) is 0 Å². The van der Waals surface area contributed by atoms with Gasteiger partial charge in [-0.25, -0.2) is 0 Å². The topological polar surface area (TPSA) is 9.23 Å². The molecule has 1 nitrogen and oxygen atoms in total. The molecule has 2 heteroatoms. The number of aryl methyl sites for hydroxylation is 1. The Hall–Kier alpha value is -0.181. The van der Waals surface area contributed by atoms with Crippen LogP contribution >= 0.6 is 0 Å². The molecule has 0 unspecified atom stereocenters. The van der Waals surface area contributed by atoms with E-state index in [-0.39, 0.29) is 0 Å². The molecule has 0 aliphatic carbocycles. The molecule has 0 aliphatic heterocycles. The summed E-state index contributed by atoms with van der Waals surface area (Å²) in [4.78, 5) is 4.83. The summed E-state index contributed by atoms with van der Waals surface area (Å²) in [6, 6.07) is 6.47. The Kier molecular flexibility index (Phi) is 4.79. The van der Waals surface area contributed by atoms with Crippen LogP contribution in [-0.4, -0.2) is 26.9 Å². The van der Waals surface area contributed by atoms with Gasteiger partial charge in [-0.2, -0.15) is 0 Å². The van der Waals surface area contributed by atoms with Crippen molar-refractivity contribution in [2.24, 2.45) is 0 Å². The van der Waals surface area contributed by atoms with Crippen LogP contribution in [0.5, 0.6) is 5.75 Å². The summed E-state index contributed by atoms with van der Waals surface area (Å²) in [6.07, 6.45) is 2.41. The van der Waals surface area contributed by atoms with Gasteiger partial charge in [0.2, 0.25) is 0 Å². The van der Waals surface area contributed by atoms with E-state index in [1.54, 1.807) is 10.7 Å². The monoisotopic (exact) mass is 299 g/mol. The summed E-state index contributed by atoms with van der Waals surface area (Å²) < 4.78 is 7.01. The minimum atomic E-state index is -1.33. The third kappa shape index (κ3) is 2.66. The second-order valence-electron chi connectivity index (χ2n) is 3.74. The van der Waals surface area contributed by atoms with Gasteiger partial charge < -0.3 is 0 Å². The number of methoxy groups -OCH3 is 1. The summed E-state index contributed by atoms with van der Waals surface area (Å²) >= 11 is -1.33. The first kappa shape index (κ1) is 11.9. The summed E-state index contributed by atoms with van der Waals surface area (Å²) in [5, 5.41) is 0. The number of hydrogen-bond donors (Lipinski definition) is 0. The average molecular weight is 298 g/mol. The van der Waals surface area contributed by atoms with Crippen molar-refractivity contribution in [1.82, 2.24) is 0 Å². The van der Waals surface area contributed by atoms with Gasteiger partial charge in [0.25, 0.3) is 0 Å². The van der Waals surface area contributed by atoms with Gasteiger partial charge in [-0.1, -0.05) is 0 Å². The standard InChI is InChI=1S/C10H13O.2CH3.Sn/c1-3-5-9-6-4-7-10(8-9)11-2;;;/h4,6-7H,3,5H2,1-2H3;2*1H3;. The molecular weight excluding hydrogens is 279 g/mol. The number of hydrogen-bond acceptors (Lipinski definition) is 1. The Morgan fingerprint density at radius 1 is 1.29 bits per heavy atom. The zero-order chi connectivity index (χ0) is 10.6. The van der Waals surface area contributed by atoms with Crippen LogP contribution in [0.2, 0.25) is 9.88 Å². The van der Waals surface area contributed by atoms with Gasteiger partial charge in [-0.05, 0) is 0 Å². The molecule has 0 atom stereocenters. The predicted octanol–water partition coefficient (Wildman–Crippen LogP) is 2.61. The van der Waals surface area contributed by atoms with Crippen LogP contribution in [0.4, 0.5) is 0 Å².